The minimum absolute atomic E-state index is 0.107. The maximum absolute atomic E-state index is 12.9. The van der Waals surface area contributed by atoms with E-state index in [0.717, 1.165) is 27.9 Å². The van der Waals surface area contributed by atoms with Gasteiger partial charge in [0.25, 0.3) is 5.22 Å². The van der Waals surface area contributed by atoms with E-state index in [-0.39, 0.29) is 18.1 Å². The van der Waals surface area contributed by atoms with E-state index in [1.807, 2.05) is 63.2 Å². The fourth-order valence-corrected chi connectivity index (χ4v) is 3.48. The van der Waals surface area contributed by atoms with Crippen LogP contribution in [0.4, 0.5) is 5.69 Å². The molecule has 2 aromatic carbocycles. The molecule has 0 N–H and O–H groups in total. The Labute approximate surface area is 174 Å². The smallest absolute Gasteiger partial charge is 0.277 e. The molecule has 1 heterocycles. The number of amides is 1. The minimum Gasteiger partial charge on any atom is -0.411 e. The van der Waals surface area contributed by atoms with Gasteiger partial charge in [0.2, 0.25) is 11.8 Å². The van der Waals surface area contributed by atoms with E-state index in [9.17, 15) is 4.79 Å². The second kappa shape index (κ2) is 9.39. The molecule has 0 bridgehead atoms. The molecule has 0 radical (unpaired) electrons. The third-order valence-corrected chi connectivity index (χ3v) is 5.45. The number of carbonyl (C=O) groups excluding carboxylic acids is 1. The van der Waals surface area contributed by atoms with Crippen molar-refractivity contribution < 1.29 is 9.21 Å². The summed E-state index contributed by atoms with van der Waals surface area (Å²) in [7, 11) is 0. The number of nitrogens with zero attached hydrogens (tertiary/aromatic N) is 4. The molecule has 6 nitrogen and oxygen atoms in total. The summed E-state index contributed by atoms with van der Waals surface area (Å²) in [6.07, 6.45) is 0.265. The maximum Gasteiger partial charge on any atom is 0.277 e. The van der Waals surface area contributed by atoms with Gasteiger partial charge < -0.3 is 9.32 Å². The molecule has 0 aliphatic rings. The zero-order valence-electron chi connectivity index (χ0n) is 16.7. The lowest BCUT2D eigenvalue weighted by molar-refractivity contribution is -0.116. The number of aryl methyl sites for hydroxylation is 3. The van der Waals surface area contributed by atoms with E-state index in [2.05, 4.69) is 16.3 Å². The summed E-state index contributed by atoms with van der Waals surface area (Å²) >= 11 is 1.20. The highest BCUT2D eigenvalue weighted by Gasteiger charge is 2.18. The average Bonchev–Trinajstić information content (AvgIpc) is 3.18. The predicted octanol–water partition coefficient (Wildman–Crippen LogP) is 4.70. The van der Waals surface area contributed by atoms with Crippen molar-refractivity contribution in [2.75, 3.05) is 17.2 Å². The van der Waals surface area contributed by atoms with Crippen molar-refractivity contribution in [3.05, 3.63) is 59.2 Å². The van der Waals surface area contributed by atoms with E-state index < -0.39 is 0 Å². The Morgan fingerprint density at radius 2 is 1.90 bits per heavy atom. The number of aromatic nitrogens is 2. The lowest BCUT2D eigenvalue weighted by Gasteiger charge is -2.22. The average molecular weight is 407 g/mol. The van der Waals surface area contributed by atoms with Crippen molar-refractivity contribution in [2.24, 2.45) is 0 Å². The standard InChI is InChI=1S/C22H22N4O2S/c1-15-9-10-18(13-17(15)3)26(12-6-11-23)20(27)14-29-22-25-24-21(28-22)19-8-5-4-7-16(19)2/h4-5,7-10,13H,6,12,14H2,1-3H3. The van der Waals surface area contributed by atoms with E-state index >= 15 is 0 Å². The normalized spacial score (nSPS) is 10.6. The first-order valence-corrected chi connectivity index (χ1v) is 10.2. The van der Waals surface area contributed by atoms with Crippen molar-refractivity contribution >= 4 is 23.4 Å². The Morgan fingerprint density at radius 1 is 1.10 bits per heavy atom. The minimum atomic E-state index is -0.107. The second-order valence-corrected chi connectivity index (χ2v) is 7.63. The number of thioether (sulfide) groups is 1. The van der Waals surface area contributed by atoms with Gasteiger partial charge in [0.1, 0.15) is 0 Å². The topological polar surface area (TPSA) is 83.0 Å². The summed E-state index contributed by atoms with van der Waals surface area (Å²) < 4.78 is 5.72. The molecule has 3 aromatic rings. The number of rotatable bonds is 7. The van der Waals surface area contributed by atoms with Gasteiger partial charge in [0, 0.05) is 17.8 Å². The van der Waals surface area contributed by atoms with Crippen LogP contribution in [0.2, 0.25) is 0 Å². The number of nitriles is 1. The van der Waals surface area contributed by atoms with Crippen LogP contribution in [0.25, 0.3) is 11.5 Å². The SMILES string of the molecule is Cc1ccc(N(CCC#N)C(=O)CSc2nnc(-c3ccccc3C)o2)cc1C. The van der Waals surface area contributed by atoms with Crippen molar-refractivity contribution in [3.8, 4) is 17.5 Å². The maximum atomic E-state index is 12.9. The summed E-state index contributed by atoms with van der Waals surface area (Å²) in [6, 6.07) is 15.7. The van der Waals surface area contributed by atoms with E-state index in [0.29, 0.717) is 17.7 Å². The number of anilines is 1. The molecule has 0 saturated carbocycles. The predicted molar refractivity (Wildman–Crippen MR) is 114 cm³/mol. The van der Waals surface area contributed by atoms with Gasteiger partial charge >= 0.3 is 0 Å². The summed E-state index contributed by atoms with van der Waals surface area (Å²) in [5.74, 6) is 0.478. The molecule has 1 amide bonds. The summed E-state index contributed by atoms with van der Waals surface area (Å²) in [5.41, 5.74) is 4.97. The van der Waals surface area contributed by atoms with Gasteiger partial charge in [0.15, 0.2) is 0 Å². The van der Waals surface area contributed by atoms with E-state index in [1.54, 1.807) is 4.90 Å². The van der Waals surface area contributed by atoms with Gasteiger partial charge in [-0.2, -0.15) is 5.26 Å². The van der Waals surface area contributed by atoms with Crippen LogP contribution in [0.15, 0.2) is 52.1 Å². The van der Waals surface area contributed by atoms with Crippen molar-refractivity contribution in [1.82, 2.24) is 10.2 Å². The molecule has 0 unspecified atom stereocenters. The van der Waals surface area contributed by atoms with Crippen LogP contribution in [0.1, 0.15) is 23.1 Å². The van der Waals surface area contributed by atoms with Crippen LogP contribution < -0.4 is 4.90 Å². The molecule has 0 atom stereocenters. The second-order valence-electron chi connectivity index (χ2n) is 6.70. The largest absolute Gasteiger partial charge is 0.411 e. The molecule has 29 heavy (non-hydrogen) atoms. The highest BCUT2D eigenvalue weighted by Crippen LogP contribution is 2.26. The Kier molecular flexibility index (Phi) is 6.68. The fraction of sp³-hybridized carbons (Fsp3) is 0.273. The first kappa shape index (κ1) is 20.6. The van der Waals surface area contributed by atoms with Crippen LogP contribution in [0.3, 0.4) is 0 Å². The van der Waals surface area contributed by atoms with Crippen molar-refractivity contribution in [2.45, 2.75) is 32.4 Å². The third-order valence-electron chi connectivity index (χ3n) is 4.65. The van der Waals surface area contributed by atoms with Gasteiger partial charge in [-0.25, -0.2) is 0 Å². The molecule has 3 rings (SSSR count). The number of carbonyl (C=O) groups is 1. The highest BCUT2D eigenvalue weighted by molar-refractivity contribution is 7.99. The van der Waals surface area contributed by atoms with Crippen LogP contribution in [0, 0.1) is 32.1 Å². The molecule has 0 aliphatic heterocycles. The first-order valence-electron chi connectivity index (χ1n) is 9.26. The van der Waals surface area contributed by atoms with E-state index in [1.165, 1.54) is 11.8 Å². The Balaban J connectivity index is 1.71. The Morgan fingerprint density at radius 3 is 2.62 bits per heavy atom. The monoisotopic (exact) mass is 406 g/mol. The lowest BCUT2D eigenvalue weighted by atomic mass is 10.1. The van der Waals surface area contributed by atoms with Crippen LogP contribution >= 0.6 is 11.8 Å². The Bertz CT molecular complexity index is 1050. The van der Waals surface area contributed by atoms with Gasteiger partial charge in [-0.3, -0.25) is 4.79 Å². The summed E-state index contributed by atoms with van der Waals surface area (Å²) in [6.45, 7) is 6.35. The molecule has 0 fully saturated rings. The third kappa shape index (κ3) is 5.04. The molecule has 148 valence electrons. The molecule has 7 heteroatoms. The van der Waals surface area contributed by atoms with Crippen molar-refractivity contribution in [3.63, 3.8) is 0 Å². The molecular weight excluding hydrogens is 384 g/mol. The van der Waals surface area contributed by atoms with Crippen LogP contribution in [0.5, 0.6) is 0 Å². The van der Waals surface area contributed by atoms with Gasteiger partial charge in [-0.15, -0.1) is 10.2 Å². The zero-order chi connectivity index (χ0) is 20.8. The fourth-order valence-electron chi connectivity index (χ4n) is 2.84. The van der Waals surface area contributed by atoms with Crippen LogP contribution in [-0.2, 0) is 4.79 Å². The van der Waals surface area contributed by atoms with E-state index in [4.69, 9.17) is 9.68 Å². The Hall–Kier alpha value is -3.11. The van der Waals surface area contributed by atoms with Crippen molar-refractivity contribution in [1.29, 1.82) is 5.26 Å². The lowest BCUT2D eigenvalue weighted by Crippen LogP contribution is -2.33. The molecule has 1 aromatic heterocycles. The first-order chi connectivity index (χ1) is 14.0. The molecule has 0 spiro atoms. The van der Waals surface area contributed by atoms with Crippen LogP contribution in [-0.4, -0.2) is 28.4 Å². The van der Waals surface area contributed by atoms with Gasteiger partial charge in [-0.1, -0.05) is 36.0 Å². The van der Waals surface area contributed by atoms with Gasteiger partial charge in [-0.05, 0) is 55.7 Å². The molecule has 0 aliphatic carbocycles. The summed E-state index contributed by atoms with van der Waals surface area (Å²) in [5, 5.41) is 17.4. The molecule has 0 saturated heterocycles. The molecular formula is C22H22N4O2S. The van der Waals surface area contributed by atoms with Gasteiger partial charge in [0.05, 0.1) is 18.2 Å². The number of hydrogen-bond acceptors (Lipinski definition) is 6. The number of hydrogen-bond donors (Lipinski definition) is 0. The summed E-state index contributed by atoms with van der Waals surface area (Å²) in [4.78, 5) is 14.5. The zero-order valence-corrected chi connectivity index (χ0v) is 17.5. The highest BCUT2D eigenvalue weighted by atomic mass is 32.2. The quantitative estimate of drug-likeness (QED) is 0.529. The number of benzene rings is 2.